The van der Waals surface area contributed by atoms with Crippen LogP contribution in [0.3, 0.4) is 0 Å². The Hall–Kier alpha value is -3.65. The maximum Gasteiger partial charge on any atom is 0.222 e. The predicted octanol–water partition coefficient (Wildman–Crippen LogP) is 3.65. The molecule has 4 N–H and O–H groups in total. The van der Waals surface area contributed by atoms with Crippen LogP contribution >= 0.6 is 0 Å². The molecule has 158 valence electrons. The van der Waals surface area contributed by atoms with Crippen LogP contribution in [0.5, 0.6) is 0 Å². The molecule has 0 amide bonds. The van der Waals surface area contributed by atoms with Gasteiger partial charge < -0.3 is 16.4 Å². The van der Waals surface area contributed by atoms with Crippen LogP contribution in [0.25, 0.3) is 10.9 Å². The monoisotopic (exact) mass is 433 g/mol. The van der Waals surface area contributed by atoms with Crippen molar-refractivity contribution in [1.29, 1.82) is 0 Å². The summed E-state index contributed by atoms with van der Waals surface area (Å²) in [6.45, 7) is 3.43. The van der Waals surface area contributed by atoms with Crippen molar-refractivity contribution in [2.45, 2.75) is 23.3 Å². The Morgan fingerprint density at radius 1 is 0.871 bits per heavy atom. The third-order valence-corrected chi connectivity index (χ3v) is 6.92. The minimum atomic E-state index is -3.53. The number of sulfone groups is 1. The SMILES string of the molecule is CCN(Cc1ccc(S(=O)(=O)c2ccccc2)cc1)c1ccc2nc(N)nc(N)c2c1. The molecule has 3 aromatic carbocycles. The van der Waals surface area contributed by atoms with E-state index in [9.17, 15) is 8.42 Å². The van der Waals surface area contributed by atoms with Gasteiger partial charge in [0, 0.05) is 24.2 Å². The predicted molar refractivity (Wildman–Crippen MR) is 123 cm³/mol. The van der Waals surface area contributed by atoms with Gasteiger partial charge in [-0.15, -0.1) is 0 Å². The molecule has 0 aliphatic carbocycles. The van der Waals surface area contributed by atoms with E-state index in [4.69, 9.17) is 11.5 Å². The lowest BCUT2D eigenvalue weighted by atomic mass is 10.1. The van der Waals surface area contributed by atoms with Gasteiger partial charge in [0.15, 0.2) is 0 Å². The lowest BCUT2D eigenvalue weighted by molar-refractivity contribution is 0.596. The molecular weight excluding hydrogens is 410 g/mol. The van der Waals surface area contributed by atoms with Crippen LogP contribution in [0, 0.1) is 0 Å². The fourth-order valence-corrected chi connectivity index (χ4v) is 4.75. The molecule has 1 heterocycles. The van der Waals surface area contributed by atoms with Gasteiger partial charge in [-0.1, -0.05) is 30.3 Å². The maximum absolute atomic E-state index is 12.8. The number of benzene rings is 3. The number of aromatic nitrogens is 2. The van der Waals surface area contributed by atoms with E-state index in [1.165, 1.54) is 0 Å². The zero-order chi connectivity index (χ0) is 22.0. The first-order valence-electron chi connectivity index (χ1n) is 9.85. The quantitative estimate of drug-likeness (QED) is 0.477. The summed E-state index contributed by atoms with van der Waals surface area (Å²) in [6, 6.07) is 21.2. The summed E-state index contributed by atoms with van der Waals surface area (Å²) in [6.07, 6.45) is 0. The van der Waals surface area contributed by atoms with Crippen LogP contribution in [-0.4, -0.2) is 24.9 Å². The number of nitrogens with two attached hydrogens (primary N) is 2. The molecular formula is C23H23N5O2S. The van der Waals surface area contributed by atoms with E-state index in [-0.39, 0.29) is 15.7 Å². The van der Waals surface area contributed by atoms with E-state index in [0.29, 0.717) is 17.9 Å². The topological polar surface area (TPSA) is 115 Å². The molecule has 4 rings (SSSR count). The highest BCUT2D eigenvalue weighted by atomic mass is 32.2. The molecule has 0 fully saturated rings. The first-order valence-corrected chi connectivity index (χ1v) is 11.3. The normalized spacial score (nSPS) is 11.5. The summed E-state index contributed by atoms with van der Waals surface area (Å²) in [5, 5.41) is 0.745. The van der Waals surface area contributed by atoms with Gasteiger partial charge in [0.2, 0.25) is 15.8 Å². The summed E-state index contributed by atoms with van der Waals surface area (Å²) in [7, 11) is -3.53. The van der Waals surface area contributed by atoms with Gasteiger partial charge in [-0.05, 0) is 55.0 Å². The smallest absolute Gasteiger partial charge is 0.222 e. The summed E-state index contributed by atoms with van der Waals surface area (Å²) in [5.74, 6) is 0.492. The molecule has 31 heavy (non-hydrogen) atoms. The summed E-state index contributed by atoms with van der Waals surface area (Å²) < 4.78 is 25.6. The standard InChI is InChI=1S/C23H23N5O2S/c1-2-28(17-10-13-21-20(14-17)22(24)27-23(25)26-21)15-16-8-11-19(12-9-16)31(29,30)18-6-4-3-5-7-18/h3-14H,2,15H2,1H3,(H4,24,25,26,27). The molecule has 0 aliphatic heterocycles. The molecule has 0 radical (unpaired) electrons. The van der Waals surface area contributed by atoms with Crippen LogP contribution < -0.4 is 16.4 Å². The minimum absolute atomic E-state index is 0.149. The second-order valence-electron chi connectivity index (χ2n) is 7.14. The molecule has 0 unspecified atom stereocenters. The Kier molecular flexibility index (Phi) is 5.48. The molecule has 0 saturated carbocycles. The molecule has 0 saturated heterocycles. The number of rotatable bonds is 6. The maximum atomic E-state index is 12.8. The highest BCUT2D eigenvalue weighted by molar-refractivity contribution is 7.91. The third kappa shape index (κ3) is 4.15. The van der Waals surface area contributed by atoms with Crippen molar-refractivity contribution in [1.82, 2.24) is 9.97 Å². The summed E-state index contributed by atoms with van der Waals surface area (Å²) >= 11 is 0. The molecule has 0 spiro atoms. The molecule has 0 atom stereocenters. The molecule has 0 bridgehead atoms. The number of hydrogen-bond donors (Lipinski definition) is 2. The number of nitrogens with zero attached hydrogens (tertiary/aromatic N) is 3. The second kappa shape index (κ2) is 8.23. The molecule has 0 aliphatic rings. The first-order chi connectivity index (χ1) is 14.9. The largest absolute Gasteiger partial charge is 0.383 e. The third-order valence-electron chi connectivity index (χ3n) is 5.13. The number of fused-ring (bicyclic) bond motifs is 1. The van der Waals surface area contributed by atoms with Crippen molar-refractivity contribution in [3.8, 4) is 0 Å². The Balaban J connectivity index is 1.59. The van der Waals surface area contributed by atoms with Crippen LogP contribution in [0.1, 0.15) is 12.5 Å². The van der Waals surface area contributed by atoms with Gasteiger partial charge in [-0.25, -0.2) is 13.4 Å². The highest BCUT2D eigenvalue weighted by Crippen LogP contribution is 2.27. The van der Waals surface area contributed by atoms with E-state index in [0.717, 1.165) is 23.2 Å². The van der Waals surface area contributed by atoms with Crippen molar-refractivity contribution in [3.63, 3.8) is 0 Å². The molecule has 7 nitrogen and oxygen atoms in total. The first kappa shape index (κ1) is 20.6. The lowest BCUT2D eigenvalue weighted by Crippen LogP contribution is -2.22. The Morgan fingerprint density at radius 2 is 1.55 bits per heavy atom. The van der Waals surface area contributed by atoms with E-state index in [1.54, 1.807) is 42.5 Å². The molecule has 8 heteroatoms. The van der Waals surface area contributed by atoms with Crippen LogP contribution in [0.15, 0.2) is 82.6 Å². The zero-order valence-electron chi connectivity index (χ0n) is 17.1. The van der Waals surface area contributed by atoms with Crippen LogP contribution in [0.2, 0.25) is 0 Å². The van der Waals surface area contributed by atoms with Gasteiger partial charge >= 0.3 is 0 Å². The Morgan fingerprint density at radius 3 is 2.23 bits per heavy atom. The van der Waals surface area contributed by atoms with Crippen LogP contribution in [-0.2, 0) is 16.4 Å². The van der Waals surface area contributed by atoms with Crippen LogP contribution in [0.4, 0.5) is 17.5 Å². The molecule has 4 aromatic rings. The second-order valence-corrected chi connectivity index (χ2v) is 9.09. The van der Waals surface area contributed by atoms with Gasteiger partial charge in [0.05, 0.1) is 15.3 Å². The van der Waals surface area contributed by atoms with E-state index < -0.39 is 9.84 Å². The summed E-state index contributed by atoms with van der Waals surface area (Å²) in [5.41, 5.74) is 14.4. The van der Waals surface area contributed by atoms with Gasteiger partial charge in [0.1, 0.15) is 5.82 Å². The van der Waals surface area contributed by atoms with Crippen molar-refractivity contribution in [2.24, 2.45) is 0 Å². The number of hydrogen-bond acceptors (Lipinski definition) is 7. The number of anilines is 3. The van der Waals surface area contributed by atoms with E-state index in [2.05, 4.69) is 21.8 Å². The molecule has 1 aromatic heterocycles. The Bertz CT molecular complexity index is 1320. The average Bonchev–Trinajstić information content (AvgIpc) is 2.78. The van der Waals surface area contributed by atoms with Gasteiger partial charge in [-0.2, -0.15) is 4.98 Å². The van der Waals surface area contributed by atoms with Gasteiger partial charge in [-0.3, -0.25) is 0 Å². The van der Waals surface area contributed by atoms with Gasteiger partial charge in [0.25, 0.3) is 0 Å². The van der Waals surface area contributed by atoms with Crippen molar-refractivity contribution >= 4 is 38.2 Å². The van der Waals surface area contributed by atoms with E-state index >= 15 is 0 Å². The minimum Gasteiger partial charge on any atom is -0.383 e. The Labute approximate surface area is 181 Å². The van der Waals surface area contributed by atoms with Crippen molar-refractivity contribution in [2.75, 3.05) is 22.9 Å². The van der Waals surface area contributed by atoms with Crippen molar-refractivity contribution in [3.05, 3.63) is 78.4 Å². The highest BCUT2D eigenvalue weighted by Gasteiger charge is 2.17. The summed E-state index contributed by atoms with van der Waals surface area (Å²) in [4.78, 5) is 11.0. The fourth-order valence-electron chi connectivity index (χ4n) is 3.47. The van der Waals surface area contributed by atoms with Crippen molar-refractivity contribution < 1.29 is 8.42 Å². The lowest BCUT2D eigenvalue weighted by Gasteiger charge is -2.24. The fraction of sp³-hybridized carbons (Fsp3) is 0.130. The zero-order valence-corrected chi connectivity index (χ0v) is 17.9. The van der Waals surface area contributed by atoms with E-state index in [1.807, 2.05) is 30.3 Å². The average molecular weight is 434 g/mol. The number of nitrogen functional groups attached to an aromatic ring is 2.